The molecule has 0 bridgehead atoms. The number of nitrogens with one attached hydrogen (secondary N) is 1. The average molecular weight is 450 g/mol. The summed E-state index contributed by atoms with van der Waals surface area (Å²) in [5.41, 5.74) is 1.19. The summed E-state index contributed by atoms with van der Waals surface area (Å²) in [7, 11) is 4.53. The molecule has 0 aliphatic carbocycles. The number of benzene rings is 2. The van der Waals surface area contributed by atoms with Crippen molar-refractivity contribution in [2.24, 2.45) is 0 Å². The van der Waals surface area contributed by atoms with Gasteiger partial charge in [0, 0.05) is 27.9 Å². The first kappa shape index (κ1) is 21.3. The van der Waals surface area contributed by atoms with Gasteiger partial charge in [-0.15, -0.1) is 0 Å². The second-order valence-electron chi connectivity index (χ2n) is 5.45. The van der Waals surface area contributed by atoms with Gasteiger partial charge in [-0.1, -0.05) is 22.0 Å². The van der Waals surface area contributed by atoms with E-state index >= 15 is 0 Å². The Morgan fingerprint density at radius 1 is 1.00 bits per heavy atom. The molecule has 0 saturated heterocycles. The van der Waals surface area contributed by atoms with Crippen LogP contribution in [-0.2, 0) is 14.3 Å². The highest BCUT2D eigenvalue weighted by molar-refractivity contribution is 9.10. The predicted molar refractivity (Wildman–Crippen MR) is 109 cm³/mol. The lowest BCUT2D eigenvalue weighted by Gasteiger charge is -2.12. The summed E-state index contributed by atoms with van der Waals surface area (Å²) in [4.78, 5) is 23.8. The number of rotatable bonds is 8. The lowest BCUT2D eigenvalue weighted by molar-refractivity contribution is -0.142. The third-order valence-corrected chi connectivity index (χ3v) is 4.08. The van der Waals surface area contributed by atoms with E-state index in [1.807, 2.05) is 6.07 Å². The number of ether oxygens (including phenoxy) is 4. The smallest absolute Gasteiger partial charge is 0.331 e. The number of carbonyl (C=O) groups excluding carboxylic acids is 2. The quantitative estimate of drug-likeness (QED) is 0.488. The second kappa shape index (κ2) is 10.4. The SMILES string of the molecule is COc1cc(OC)c(OC)cc1/C=C/C(=O)OCC(=O)Nc1cccc(Br)c1. The van der Waals surface area contributed by atoms with Gasteiger partial charge in [0.1, 0.15) is 5.75 Å². The number of esters is 1. The molecular formula is C20H20BrNO6. The summed E-state index contributed by atoms with van der Waals surface area (Å²) in [6.07, 6.45) is 2.71. The summed E-state index contributed by atoms with van der Waals surface area (Å²) in [5.74, 6) is 0.381. The lowest BCUT2D eigenvalue weighted by Crippen LogP contribution is -2.20. The van der Waals surface area contributed by atoms with Gasteiger partial charge < -0.3 is 24.3 Å². The van der Waals surface area contributed by atoms with Crippen LogP contribution < -0.4 is 19.5 Å². The fourth-order valence-corrected chi connectivity index (χ4v) is 2.69. The first-order chi connectivity index (χ1) is 13.5. The summed E-state index contributed by atoms with van der Waals surface area (Å²) in [5, 5.41) is 2.64. The molecule has 0 aliphatic rings. The fraction of sp³-hybridized carbons (Fsp3) is 0.200. The highest BCUT2D eigenvalue weighted by Gasteiger charge is 2.11. The van der Waals surface area contributed by atoms with Crippen molar-refractivity contribution in [1.82, 2.24) is 0 Å². The van der Waals surface area contributed by atoms with Gasteiger partial charge in [-0.05, 0) is 30.3 Å². The molecule has 2 rings (SSSR count). The minimum absolute atomic E-state index is 0.404. The Labute approximate surface area is 171 Å². The topological polar surface area (TPSA) is 83.1 Å². The van der Waals surface area contributed by atoms with E-state index in [4.69, 9.17) is 18.9 Å². The van der Waals surface area contributed by atoms with E-state index in [0.29, 0.717) is 28.5 Å². The van der Waals surface area contributed by atoms with Crippen LogP contribution in [0.2, 0.25) is 0 Å². The first-order valence-electron chi connectivity index (χ1n) is 8.17. The molecule has 0 heterocycles. The number of halogens is 1. The molecule has 0 aliphatic heterocycles. The number of anilines is 1. The molecular weight excluding hydrogens is 430 g/mol. The summed E-state index contributed by atoms with van der Waals surface area (Å²) in [6.45, 7) is -0.404. The zero-order valence-electron chi connectivity index (χ0n) is 15.7. The second-order valence-corrected chi connectivity index (χ2v) is 6.36. The van der Waals surface area contributed by atoms with Gasteiger partial charge in [-0.2, -0.15) is 0 Å². The van der Waals surface area contributed by atoms with Crippen LogP contribution in [0.3, 0.4) is 0 Å². The third-order valence-electron chi connectivity index (χ3n) is 3.59. The molecule has 7 nitrogen and oxygen atoms in total. The summed E-state index contributed by atoms with van der Waals surface area (Å²) >= 11 is 3.32. The van der Waals surface area contributed by atoms with Crippen molar-refractivity contribution < 1.29 is 28.5 Å². The lowest BCUT2D eigenvalue weighted by atomic mass is 10.1. The molecule has 0 atom stereocenters. The van der Waals surface area contributed by atoms with Crippen LogP contribution in [0.5, 0.6) is 17.2 Å². The molecule has 0 aromatic heterocycles. The minimum Gasteiger partial charge on any atom is -0.496 e. The molecule has 28 heavy (non-hydrogen) atoms. The first-order valence-corrected chi connectivity index (χ1v) is 8.96. The van der Waals surface area contributed by atoms with E-state index in [1.54, 1.807) is 30.3 Å². The number of hydrogen-bond acceptors (Lipinski definition) is 6. The van der Waals surface area contributed by atoms with Crippen molar-refractivity contribution in [3.63, 3.8) is 0 Å². The molecule has 0 unspecified atom stereocenters. The van der Waals surface area contributed by atoms with Crippen LogP contribution in [-0.4, -0.2) is 39.8 Å². The maximum atomic E-state index is 11.9. The Morgan fingerprint density at radius 2 is 1.68 bits per heavy atom. The van der Waals surface area contributed by atoms with Gasteiger partial charge in [-0.3, -0.25) is 4.79 Å². The van der Waals surface area contributed by atoms with Crippen molar-refractivity contribution in [2.45, 2.75) is 0 Å². The van der Waals surface area contributed by atoms with Crippen LogP contribution >= 0.6 is 15.9 Å². The molecule has 1 N–H and O–H groups in total. The zero-order chi connectivity index (χ0) is 20.5. The molecule has 0 radical (unpaired) electrons. The van der Waals surface area contributed by atoms with Crippen molar-refractivity contribution in [3.8, 4) is 17.2 Å². The van der Waals surface area contributed by atoms with Gasteiger partial charge >= 0.3 is 5.97 Å². The molecule has 2 aromatic carbocycles. The molecule has 1 amide bonds. The van der Waals surface area contributed by atoms with E-state index in [2.05, 4.69) is 21.2 Å². The van der Waals surface area contributed by atoms with Crippen LogP contribution in [0.1, 0.15) is 5.56 Å². The van der Waals surface area contributed by atoms with Crippen molar-refractivity contribution in [1.29, 1.82) is 0 Å². The van der Waals surface area contributed by atoms with Gasteiger partial charge in [0.05, 0.1) is 21.3 Å². The van der Waals surface area contributed by atoms with Crippen LogP contribution in [0.15, 0.2) is 46.9 Å². The highest BCUT2D eigenvalue weighted by Crippen LogP contribution is 2.35. The largest absolute Gasteiger partial charge is 0.496 e. The number of amides is 1. The van der Waals surface area contributed by atoms with Crippen LogP contribution in [0.4, 0.5) is 5.69 Å². The van der Waals surface area contributed by atoms with E-state index in [-0.39, 0.29) is 0 Å². The van der Waals surface area contributed by atoms with Crippen molar-refractivity contribution >= 4 is 39.6 Å². The van der Waals surface area contributed by atoms with Gasteiger partial charge in [-0.25, -0.2) is 4.79 Å². The maximum absolute atomic E-state index is 11.9. The van der Waals surface area contributed by atoms with Gasteiger partial charge in [0.15, 0.2) is 18.1 Å². The Bertz CT molecular complexity index is 881. The zero-order valence-corrected chi connectivity index (χ0v) is 17.2. The van der Waals surface area contributed by atoms with Crippen molar-refractivity contribution in [2.75, 3.05) is 33.3 Å². The molecule has 2 aromatic rings. The molecule has 0 saturated carbocycles. The van der Waals surface area contributed by atoms with Crippen molar-refractivity contribution in [3.05, 3.63) is 52.5 Å². The molecule has 148 valence electrons. The van der Waals surface area contributed by atoms with E-state index < -0.39 is 18.5 Å². The van der Waals surface area contributed by atoms with Crippen LogP contribution in [0, 0.1) is 0 Å². The highest BCUT2D eigenvalue weighted by atomic mass is 79.9. The Balaban J connectivity index is 1.97. The average Bonchev–Trinajstić information content (AvgIpc) is 2.69. The summed E-state index contributed by atoms with van der Waals surface area (Å²) in [6, 6.07) is 10.4. The Hall–Kier alpha value is -3.00. The number of hydrogen-bond donors (Lipinski definition) is 1. The predicted octanol–water partition coefficient (Wildman–Crippen LogP) is 3.67. The molecule has 8 heteroatoms. The normalized spacial score (nSPS) is 10.4. The number of carbonyl (C=O) groups is 2. The van der Waals surface area contributed by atoms with E-state index in [0.717, 1.165) is 4.47 Å². The summed E-state index contributed by atoms with van der Waals surface area (Å²) < 4.78 is 21.5. The number of methoxy groups -OCH3 is 3. The molecule has 0 spiro atoms. The monoisotopic (exact) mass is 449 g/mol. The fourth-order valence-electron chi connectivity index (χ4n) is 2.29. The van der Waals surface area contributed by atoms with E-state index in [1.165, 1.54) is 33.5 Å². The van der Waals surface area contributed by atoms with Gasteiger partial charge in [0.25, 0.3) is 5.91 Å². The van der Waals surface area contributed by atoms with E-state index in [9.17, 15) is 9.59 Å². The Kier molecular flexibility index (Phi) is 7.88. The Morgan fingerprint density at radius 3 is 2.32 bits per heavy atom. The third kappa shape index (κ3) is 6.02. The minimum atomic E-state index is -0.666. The van der Waals surface area contributed by atoms with Crippen LogP contribution in [0.25, 0.3) is 6.08 Å². The maximum Gasteiger partial charge on any atom is 0.331 e. The standard InChI is InChI=1S/C20H20BrNO6/c1-25-16-11-18(27-3)17(26-2)9-13(16)7-8-20(24)28-12-19(23)22-15-6-4-5-14(21)10-15/h4-11H,12H2,1-3H3,(H,22,23)/b8-7+. The van der Waals surface area contributed by atoms with Gasteiger partial charge in [0.2, 0.25) is 0 Å². The molecule has 0 fully saturated rings.